The Bertz CT molecular complexity index is 442. The van der Waals surface area contributed by atoms with Crippen molar-refractivity contribution in [3.8, 4) is 0 Å². The highest BCUT2D eigenvalue weighted by Crippen LogP contribution is 2.25. The zero-order valence-corrected chi connectivity index (χ0v) is 13.5. The zero-order chi connectivity index (χ0) is 17.0. The van der Waals surface area contributed by atoms with Gasteiger partial charge in [-0.25, -0.2) is 0 Å². The largest absolute Gasteiger partial charge is 0.403 e. The summed E-state index contributed by atoms with van der Waals surface area (Å²) >= 11 is 0. The lowest BCUT2D eigenvalue weighted by molar-refractivity contribution is -0.181. The van der Waals surface area contributed by atoms with E-state index in [1.807, 2.05) is 4.90 Å². The van der Waals surface area contributed by atoms with Gasteiger partial charge in [0.2, 0.25) is 5.91 Å². The third kappa shape index (κ3) is 5.26. The van der Waals surface area contributed by atoms with Crippen molar-refractivity contribution in [3.63, 3.8) is 0 Å². The van der Waals surface area contributed by atoms with E-state index in [1.165, 1.54) is 11.8 Å². The number of amides is 1. The first-order valence-corrected chi connectivity index (χ1v) is 7.87. The lowest BCUT2D eigenvalue weighted by Gasteiger charge is -2.39. The monoisotopic (exact) mass is 335 g/mol. The third-order valence-corrected chi connectivity index (χ3v) is 4.20. The van der Waals surface area contributed by atoms with E-state index in [1.54, 1.807) is 7.05 Å². The first-order chi connectivity index (χ1) is 10.8. The van der Waals surface area contributed by atoms with Gasteiger partial charge in [0, 0.05) is 39.3 Å². The summed E-state index contributed by atoms with van der Waals surface area (Å²) in [5.41, 5.74) is 0. The number of hydrogen-bond donors (Lipinski definition) is 2. The number of nitrogens with one attached hydrogen (secondary N) is 2. The van der Waals surface area contributed by atoms with Crippen LogP contribution in [-0.2, 0) is 4.79 Å². The zero-order valence-electron chi connectivity index (χ0n) is 13.5. The van der Waals surface area contributed by atoms with E-state index < -0.39 is 12.2 Å². The number of nitrogens with zero attached hydrogens (tertiary/aromatic N) is 3. The Balaban J connectivity index is 1.76. The molecule has 2 N–H and O–H groups in total. The minimum absolute atomic E-state index is 0.0852. The molecule has 0 spiro atoms. The molecule has 2 fully saturated rings. The summed E-state index contributed by atoms with van der Waals surface area (Å²) in [5.74, 6) is 0.466. The summed E-state index contributed by atoms with van der Waals surface area (Å²) in [6, 6.07) is -1.14. The Morgan fingerprint density at radius 3 is 2.35 bits per heavy atom. The molecule has 132 valence electrons. The average molecular weight is 335 g/mol. The molecule has 6 nitrogen and oxygen atoms in total. The fourth-order valence-corrected chi connectivity index (χ4v) is 2.53. The molecule has 1 atom stereocenters. The number of piperazine rings is 1. The van der Waals surface area contributed by atoms with Crippen molar-refractivity contribution < 1.29 is 18.0 Å². The van der Waals surface area contributed by atoms with Gasteiger partial charge in [0.15, 0.2) is 5.96 Å². The summed E-state index contributed by atoms with van der Waals surface area (Å²) in [6.07, 6.45) is -2.15. The van der Waals surface area contributed by atoms with Gasteiger partial charge in [-0.2, -0.15) is 13.2 Å². The van der Waals surface area contributed by atoms with Crippen molar-refractivity contribution in [2.24, 2.45) is 4.99 Å². The highest BCUT2D eigenvalue weighted by Gasteiger charge is 2.41. The molecular weight excluding hydrogens is 311 g/mol. The van der Waals surface area contributed by atoms with E-state index in [0.29, 0.717) is 38.2 Å². The maximum absolute atomic E-state index is 12.7. The van der Waals surface area contributed by atoms with Crippen LogP contribution < -0.4 is 10.6 Å². The summed E-state index contributed by atoms with van der Waals surface area (Å²) < 4.78 is 38.2. The maximum atomic E-state index is 12.7. The Kier molecular flexibility index (Phi) is 5.72. The van der Waals surface area contributed by atoms with Gasteiger partial charge in [0.1, 0.15) is 6.04 Å². The van der Waals surface area contributed by atoms with Crippen LogP contribution in [0.1, 0.15) is 19.8 Å². The first kappa shape index (κ1) is 17.8. The predicted octanol–water partition coefficient (Wildman–Crippen LogP) is 0.409. The standard InChI is InChI=1S/C14H24F3N5O/c1-10(14(15,16)17)21-5-7-22(8-6-21)13(18-2)19-9-12(23)20-11-3-4-11/h10-11H,3-9H2,1-2H3,(H,18,19)(H,20,23). The molecule has 1 aliphatic heterocycles. The molecule has 9 heteroatoms. The van der Waals surface area contributed by atoms with Crippen molar-refractivity contribution in [2.75, 3.05) is 39.8 Å². The van der Waals surface area contributed by atoms with Crippen LogP contribution in [0.15, 0.2) is 4.99 Å². The number of aliphatic imine (C=N–C) groups is 1. The molecule has 0 aromatic heterocycles. The second kappa shape index (κ2) is 7.37. The number of hydrogen-bond acceptors (Lipinski definition) is 3. The molecule has 1 saturated carbocycles. The number of rotatable bonds is 4. The van der Waals surface area contributed by atoms with Gasteiger partial charge in [-0.15, -0.1) is 0 Å². The Labute approximate surface area is 134 Å². The summed E-state index contributed by atoms with van der Waals surface area (Å²) in [6.45, 7) is 2.84. The number of carbonyl (C=O) groups is 1. The molecule has 0 aromatic rings. The molecule has 2 aliphatic rings. The van der Waals surface area contributed by atoms with Gasteiger partial charge in [0.05, 0.1) is 6.54 Å². The lowest BCUT2D eigenvalue weighted by Crippen LogP contribution is -2.57. The van der Waals surface area contributed by atoms with E-state index in [9.17, 15) is 18.0 Å². The van der Waals surface area contributed by atoms with Crippen molar-refractivity contribution in [2.45, 2.75) is 38.0 Å². The molecule has 0 aromatic carbocycles. The molecule has 0 bridgehead atoms. The van der Waals surface area contributed by atoms with E-state index in [-0.39, 0.29) is 12.5 Å². The molecule has 1 amide bonds. The van der Waals surface area contributed by atoms with E-state index in [4.69, 9.17) is 0 Å². The molecule has 0 radical (unpaired) electrons. The molecule has 23 heavy (non-hydrogen) atoms. The average Bonchev–Trinajstić information content (AvgIpc) is 3.30. The van der Waals surface area contributed by atoms with Crippen LogP contribution in [0.5, 0.6) is 0 Å². The first-order valence-electron chi connectivity index (χ1n) is 7.87. The summed E-state index contributed by atoms with van der Waals surface area (Å²) in [5, 5.41) is 5.84. The minimum atomic E-state index is -4.21. The van der Waals surface area contributed by atoms with Crippen LogP contribution in [-0.4, -0.2) is 79.7 Å². The topological polar surface area (TPSA) is 60.0 Å². The number of guanidine groups is 1. The smallest absolute Gasteiger partial charge is 0.352 e. The van der Waals surface area contributed by atoms with Crippen LogP contribution in [0.2, 0.25) is 0 Å². The fraction of sp³-hybridized carbons (Fsp3) is 0.857. The molecule has 1 aliphatic carbocycles. The summed E-state index contributed by atoms with van der Waals surface area (Å²) in [4.78, 5) is 19.1. The van der Waals surface area contributed by atoms with Gasteiger partial charge in [0.25, 0.3) is 0 Å². The lowest BCUT2D eigenvalue weighted by atomic mass is 10.2. The number of alkyl halides is 3. The van der Waals surface area contributed by atoms with Crippen molar-refractivity contribution >= 4 is 11.9 Å². The number of carbonyl (C=O) groups excluding carboxylic acids is 1. The number of halogens is 3. The van der Waals surface area contributed by atoms with Gasteiger partial charge in [-0.1, -0.05) is 0 Å². The fourth-order valence-electron chi connectivity index (χ4n) is 2.53. The predicted molar refractivity (Wildman–Crippen MR) is 81.2 cm³/mol. The highest BCUT2D eigenvalue weighted by molar-refractivity contribution is 5.86. The van der Waals surface area contributed by atoms with E-state index in [2.05, 4.69) is 15.6 Å². The minimum Gasteiger partial charge on any atom is -0.352 e. The van der Waals surface area contributed by atoms with Crippen LogP contribution in [0.4, 0.5) is 13.2 Å². The third-order valence-electron chi connectivity index (χ3n) is 4.20. The van der Waals surface area contributed by atoms with E-state index >= 15 is 0 Å². The van der Waals surface area contributed by atoms with E-state index in [0.717, 1.165) is 12.8 Å². The van der Waals surface area contributed by atoms with Gasteiger partial charge < -0.3 is 15.5 Å². The second-order valence-electron chi connectivity index (χ2n) is 5.98. The SMILES string of the molecule is CN=C(NCC(=O)NC1CC1)N1CCN(C(C)C(F)(F)F)CC1. The molecule has 1 saturated heterocycles. The molecule has 1 unspecified atom stereocenters. The van der Waals surface area contributed by atoms with Gasteiger partial charge >= 0.3 is 6.18 Å². The van der Waals surface area contributed by atoms with Crippen LogP contribution in [0, 0.1) is 0 Å². The maximum Gasteiger partial charge on any atom is 0.403 e. The second-order valence-corrected chi connectivity index (χ2v) is 5.98. The van der Waals surface area contributed by atoms with Crippen molar-refractivity contribution in [1.82, 2.24) is 20.4 Å². The van der Waals surface area contributed by atoms with Crippen LogP contribution >= 0.6 is 0 Å². The Morgan fingerprint density at radius 1 is 1.26 bits per heavy atom. The molecular formula is C14H24F3N5O. The molecule has 1 heterocycles. The summed E-state index contributed by atoms with van der Waals surface area (Å²) in [7, 11) is 1.60. The molecule has 2 rings (SSSR count). The van der Waals surface area contributed by atoms with Crippen molar-refractivity contribution in [1.29, 1.82) is 0 Å². The van der Waals surface area contributed by atoms with Crippen LogP contribution in [0.3, 0.4) is 0 Å². The van der Waals surface area contributed by atoms with Gasteiger partial charge in [-0.3, -0.25) is 14.7 Å². The highest BCUT2D eigenvalue weighted by atomic mass is 19.4. The van der Waals surface area contributed by atoms with Crippen molar-refractivity contribution in [3.05, 3.63) is 0 Å². The Hall–Kier alpha value is -1.51. The van der Waals surface area contributed by atoms with Gasteiger partial charge in [-0.05, 0) is 19.8 Å². The Morgan fingerprint density at radius 2 is 1.87 bits per heavy atom. The quantitative estimate of drug-likeness (QED) is 0.577. The van der Waals surface area contributed by atoms with Crippen LogP contribution in [0.25, 0.3) is 0 Å². The normalized spacial score (nSPS) is 22.0.